The zero-order valence-corrected chi connectivity index (χ0v) is 12.9. The average Bonchev–Trinajstić information content (AvgIpc) is 2.81. The Balaban J connectivity index is 1.93. The summed E-state index contributed by atoms with van der Waals surface area (Å²) in [5, 5.41) is 11.7. The summed E-state index contributed by atoms with van der Waals surface area (Å²) >= 11 is 0. The van der Waals surface area contributed by atoms with Gasteiger partial charge in [0.1, 0.15) is 5.52 Å². The SMILES string of the molecule is CCN(CC)CCC(C)Nc1ccc2c(c1)nnn2C. The molecule has 0 fully saturated rings. The molecule has 1 atom stereocenters. The van der Waals surface area contributed by atoms with E-state index in [9.17, 15) is 0 Å². The number of aryl methyl sites for hydroxylation is 1. The molecular weight excluding hydrogens is 250 g/mol. The van der Waals surface area contributed by atoms with Crippen molar-refractivity contribution >= 4 is 16.7 Å². The minimum atomic E-state index is 0.449. The third kappa shape index (κ3) is 3.48. The summed E-state index contributed by atoms with van der Waals surface area (Å²) in [6.45, 7) is 10.0. The monoisotopic (exact) mass is 275 g/mol. The molecule has 1 N–H and O–H groups in total. The fourth-order valence-corrected chi connectivity index (χ4v) is 2.40. The summed E-state index contributed by atoms with van der Waals surface area (Å²) in [5.41, 5.74) is 3.12. The first-order valence-corrected chi connectivity index (χ1v) is 7.42. The van der Waals surface area contributed by atoms with E-state index in [1.54, 1.807) is 4.68 Å². The molecule has 2 aromatic rings. The number of rotatable bonds is 7. The maximum atomic E-state index is 4.15. The van der Waals surface area contributed by atoms with Gasteiger partial charge in [0, 0.05) is 25.3 Å². The van der Waals surface area contributed by atoms with Gasteiger partial charge in [0.25, 0.3) is 0 Å². The predicted molar refractivity (Wildman–Crippen MR) is 84.0 cm³/mol. The normalized spacial score (nSPS) is 13.1. The van der Waals surface area contributed by atoms with E-state index in [0.29, 0.717) is 6.04 Å². The third-order valence-electron chi connectivity index (χ3n) is 3.80. The van der Waals surface area contributed by atoms with Crippen LogP contribution in [0, 0.1) is 0 Å². The lowest BCUT2D eigenvalue weighted by atomic mass is 10.2. The van der Waals surface area contributed by atoms with E-state index in [1.165, 1.54) is 0 Å². The zero-order valence-electron chi connectivity index (χ0n) is 12.9. The van der Waals surface area contributed by atoms with Crippen molar-refractivity contribution in [3.05, 3.63) is 18.2 Å². The Morgan fingerprint density at radius 3 is 2.75 bits per heavy atom. The van der Waals surface area contributed by atoms with Crippen LogP contribution in [0.1, 0.15) is 27.2 Å². The lowest BCUT2D eigenvalue weighted by Crippen LogP contribution is -2.28. The second kappa shape index (κ2) is 6.70. The van der Waals surface area contributed by atoms with Gasteiger partial charge in [-0.25, -0.2) is 4.68 Å². The van der Waals surface area contributed by atoms with Gasteiger partial charge >= 0.3 is 0 Å². The fraction of sp³-hybridized carbons (Fsp3) is 0.600. The summed E-state index contributed by atoms with van der Waals surface area (Å²) in [6, 6.07) is 6.68. The van der Waals surface area contributed by atoms with Crippen LogP contribution in [0.3, 0.4) is 0 Å². The number of nitrogens with one attached hydrogen (secondary N) is 1. The van der Waals surface area contributed by atoms with Crippen molar-refractivity contribution in [2.45, 2.75) is 33.2 Å². The highest BCUT2D eigenvalue weighted by Gasteiger charge is 2.07. The van der Waals surface area contributed by atoms with Crippen LogP contribution in [-0.2, 0) is 7.05 Å². The van der Waals surface area contributed by atoms with Gasteiger partial charge in [-0.2, -0.15) is 0 Å². The number of aromatic nitrogens is 3. The molecule has 0 aliphatic carbocycles. The summed E-state index contributed by atoms with van der Waals surface area (Å²) in [6.07, 6.45) is 1.14. The second-order valence-electron chi connectivity index (χ2n) is 5.28. The molecule has 0 saturated carbocycles. The molecule has 0 spiro atoms. The van der Waals surface area contributed by atoms with Crippen molar-refractivity contribution in [1.29, 1.82) is 0 Å². The average molecular weight is 275 g/mol. The molecule has 0 aliphatic rings. The quantitative estimate of drug-likeness (QED) is 0.843. The molecule has 0 aliphatic heterocycles. The van der Waals surface area contributed by atoms with Gasteiger partial charge in [-0.1, -0.05) is 19.1 Å². The molecule has 1 aromatic heterocycles. The summed E-state index contributed by atoms with van der Waals surface area (Å²) in [7, 11) is 1.91. The number of hydrogen-bond donors (Lipinski definition) is 1. The Kier molecular flexibility index (Phi) is 4.95. The van der Waals surface area contributed by atoms with Crippen LogP contribution in [0.25, 0.3) is 11.0 Å². The molecular formula is C15H25N5. The van der Waals surface area contributed by atoms with E-state index in [0.717, 1.165) is 42.8 Å². The van der Waals surface area contributed by atoms with E-state index >= 15 is 0 Å². The van der Waals surface area contributed by atoms with Crippen molar-refractivity contribution in [2.75, 3.05) is 25.0 Å². The van der Waals surface area contributed by atoms with Crippen molar-refractivity contribution < 1.29 is 0 Å². The molecule has 2 rings (SSSR count). The van der Waals surface area contributed by atoms with Gasteiger partial charge in [0.05, 0.1) is 5.52 Å². The van der Waals surface area contributed by atoms with E-state index in [-0.39, 0.29) is 0 Å². The van der Waals surface area contributed by atoms with Crippen LogP contribution in [-0.4, -0.2) is 45.6 Å². The molecule has 0 saturated heterocycles. The molecule has 0 amide bonds. The number of anilines is 1. The summed E-state index contributed by atoms with van der Waals surface area (Å²) < 4.78 is 1.79. The van der Waals surface area contributed by atoms with Crippen LogP contribution in [0.5, 0.6) is 0 Å². The number of nitrogens with zero attached hydrogens (tertiary/aromatic N) is 4. The molecule has 1 aromatic carbocycles. The Hall–Kier alpha value is -1.62. The lowest BCUT2D eigenvalue weighted by Gasteiger charge is -2.21. The molecule has 110 valence electrons. The smallest absolute Gasteiger partial charge is 0.115 e. The number of hydrogen-bond acceptors (Lipinski definition) is 4. The maximum absolute atomic E-state index is 4.15. The van der Waals surface area contributed by atoms with Gasteiger partial charge < -0.3 is 10.2 Å². The van der Waals surface area contributed by atoms with Crippen molar-refractivity contribution in [3.8, 4) is 0 Å². The first-order valence-electron chi connectivity index (χ1n) is 7.42. The molecule has 0 bridgehead atoms. The fourth-order valence-electron chi connectivity index (χ4n) is 2.40. The van der Waals surface area contributed by atoms with Crippen LogP contribution < -0.4 is 5.32 Å². The lowest BCUT2D eigenvalue weighted by molar-refractivity contribution is 0.295. The largest absolute Gasteiger partial charge is 0.382 e. The molecule has 5 nitrogen and oxygen atoms in total. The first-order chi connectivity index (χ1) is 9.63. The molecule has 1 unspecified atom stereocenters. The number of fused-ring (bicyclic) bond motifs is 1. The van der Waals surface area contributed by atoms with E-state index in [2.05, 4.69) is 59.5 Å². The van der Waals surface area contributed by atoms with Crippen molar-refractivity contribution in [3.63, 3.8) is 0 Å². The van der Waals surface area contributed by atoms with Gasteiger partial charge in [0.2, 0.25) is 0 Å². The van der Waals surface area contributed by atoms with Crippen LogP contribution >= 0.6 is 0 Å². The Morgan fingerprint density at radius 1 is 1.30 bits per heavy atom. The molecule has 5 heteroatoms. The Bertz CT molecular complexity index is 544. The Morgan fingerprint density at radius 2 is 2.05 bits per heavy atom. The predicted octanol–water partition coefficient (Wildman–Crippen LogP) is 2.50. The highest BCUT2D eigenvalue weighted by molar-refractivity contribution is 5.78. The van der Waals surface area contributed by atoms with Crippen LogP contribution in [0.15, 0.2) is 18.2 Å². The molecule has 0 radical (unpaired) electrons. The second-order valence-corrected chi connectivity index (χ2v) is 5.28. The highest BCUT2D eigenvalue weighted by atomic mass is 15.4. The zero-order chi connectivity index (χ0) is 14.5. The van der Waals surface area contributed by atoms with Crippen molar-refractivity contribution in [2.24, 2.45) is 7.05 Å². The topological polar surface area (TPSA) is 46.0 Å². The van der Waals surface area contributed by atoms with Gasteiger partial charge in [-0.15, -0.1) is 5.10 Å². The maximum Gasteiger partial charge on any atom is 0.115 e. The van der Waals surface area contributed by atoms with Crippen LogP contribution in [0.2, 0.25) is 0 Å². The minimum Gasteiger partial charge on any atom is -0.382 e. The summed E-state index contributed by atoms with van der Waals surface area (Å²) in [4.78, 5) is 2.45. The van der Waals surface area contributed by atoms with Crippen molar-refractivity contribution in [1.82, 2.24) is 19.9 Å². The summed E-state index contributed by atoms with van der Waals surface area (Å²) in [5.74, 6) is 0. The standard InChI is InChI=1S/C15H25N5/c1-5-20(6-2)10-9-12(3)16-13-7-8-15-14(11-13)17-18-19(15)4/h7-8,11-12,16H,5-6,9-10H2,1-4H3. The van der Waals surface area contributed by atoms with Gasteiger partial charge in [-0.05, 0) is 44.6 Å². The minimum absolute atomic E-state index is 0.449. The third-order valence-corrected chi connectivity index (χ3v) is 3.80. The van der Waals surface area contributed by atoms with E-state index < -0.39 is 0 Å². The number of benzene rings is 1. The Labute approximate surface area is 121 Å². The van der Waals surface area contributed by atoms with Gasteiger partial charge in [0.15, 0.2) is 0 Å². The van der Waals surface area contributed by atoms with E-state index in [1.807, 2.05) is 7.05 Å². The van der Waals surface area contributed by atoms with Gasteiger partial charge in [-0.3, -0.25) is 0 Å². The van der Waals surface area contributed by atoms with Crippen LogP contribution in [0.4, 0.5) is 5.69 Å². The molecule has 1 heterocycles. The van der Waals surface area contributed by atoms with E-state index in [4.69, 9.17) is 0 Å². The highest BCUT2D eigenvalue weighted by Crippen LogP contribution is 2.17. The first kappa shape index (κ1) is 14.8. The molecule has 20 heavy (non-hydrogen) atoms.